The third kappa shape index (κ3) is 6.74. The number of hydrogen-bond donors (Lipinski definition) is 4. The van der Waals surface area contributed by atoms with Crippen LogP contribution in [0.15, 0.2) is 42.5 Å². The van der Waals surface area contributed by atoms with Gasteiger partial charge in [0.2, 0.25) is 11.5 Å². The Kier molecular flexibility index (Phi) is 9.16. The Hall–Kier alpha value is -4.77. The van der Waals surface area contributed by atoms with E-state index in [0.717, 1.165) is 4.90 Å². The van der Waals surface area contributed by atoms with Crippen molar-refractivity contribution in [3.8, 4) is 0 Å². The van der Waals surface area contributed by atoms with E-state index in [1.165, 1.54) is 43.1 Å². The van der Waals surface area contributed by atoms with Crippen LogP contribution in [0.4, 0.5) is 24.5 Å². The molecule has 1 atom stereocenters. The third-order valence-electron chi connectivity index (χ3n) is 8.09. The molecule has 46 heavy (non-hydrogen) atoms. The van der Waals surface area contributed by atoms with Crippen LogP contribution in [0.5, 0.6) is 0 Å². The summed E-state index contributed by atoms with van der Waals surface area (Å²) in [6, 6.07) is 8.78. The van der Waals surface area contributed by atoms with Gasteiger partial charge in [-0.1, -0.05) is 18.2 Å². The van der Waals surface area contributed by atoms with Gasteiger partial charge in [0.15, 0.2) is 0 Å². The Labute approximate surface area is 263 Å². The van der Waals surface area contributed by atoms with Gasteiger partial charge < -0.3 is 25.0 Å². The van der Waals surface area contributed by atoms with Gasteiger partial charge in [0.1, 0.15) is 12.4 Å². The fourth-order valence-corrected chi connectivity index (χ4v) is 6.78. The summed E-state index contributed by atoms with van der Waals surface area (Å²) in [6.45, 7) is 0.861. The summed E-state index contributed by atoms with van der Waals surface area (Å²) >= 11 is 0. The number of fused-ring (bicyclic) bond motifs is 2. The maximum Gasteiger partial charge on any atom is 0.421 e. The third-order valence-corrected chi connectivity index (χ3v) is 9.17. The van der Waals surface area contributed by atoms with E-state index in [4.69, 9.17) is 4.74 Å². The molecule has 1 spiro atoms. The van der Waals surface area contributed by atoms with Crippen molar-refractivity contribution in [3.63, 3.8) is 0 Å². The molecule has 1 heterocycles. The Morgan fingerprint density at radius 1 is 1.13 bits per heavy atom. The molecule has 2 aliphatic carbocycles. The number of benzene rings is 2. The monoisotopic (exact) mass is 660 g/mol. The second kappa shape index (κ2) is 12.9. The van der Waals surface area contributed by atoms with Gasteiger partial charge in [-0.25, -0.2) is 28.4 Å². The smallest absolute Gasteiger partial charge is 0.421 e. The standard InChI is InChI=1S/C29H33FN6O9S/c1-3-44-27(40)34-46(42,43)33-21-13-22(14-21)35(15-17-4-6-19(30)7-5-17)24(37)16-36-25(38)29(45-28(36)41)11-10-18-12-20(8-9-23(18)29)32-26(39)31-2/h4-9,12,21-22,33H,3,10-11,13-16H2,1-2H3,(H,34,40)(H2,31,32,39)/t21?,22?,29-/m1/s1. The number of carbonyl (C=O) groups is 5. The Balaban J connectivity index is 1.29. The minimum atomic E-state index is -4.23. The van der Waals surface area contributed by atoms with Crippen LogP contribution in [0, 0.1) is 5.82 Å². The number of urea groups is 1. The number of ether oxygens (including phenoxy) is 2. The molecule has 2 aromatic rings. The van der Waals surface area contributed by atoms with Crippen molar-refractivity contribution >= 4 is 45.9 Å². The van der Waals surface area contributed by atoms with Crippen LogP contribution in [0.1, 0.15) is 42.9 Å². The molecular formula is C29H33FN6O9S. The first-order valence-corrected chi connectivity index (χ1v) is 16.0. The van der Waals surface area contributed by atoms with E-state index in [1.54, 1.807) is 22.9 Å². The van der Waals surface area contributed by atoms with Crippen molar-refractivity contribution in [1.82, 2.24) is 24.6 Å². The van der Waals surface area contributed by atoms with E-state index in [0.29, 0.717) is 28.8 Å². The maximum absolute atomic E-state index is 13.7. The van der Waals surface area contributed by atoms with Crippen molar-refractivity contribution in [2.45, 2.75) is 56.8 Å². The number of halogens is 1. The van der Waals surface area contributed by atoms with Crippen LogP contribution in [0.25, 0.3) is 0 Å². The minimum Gasteiger partial charge on any atom is -0.449 e. The zero-order chi connectivity index (χ0) is 33.2. The van der Waals surface area contributed by atoms with Crippen molar-refractivity contribution in [2.75, 3.05) is 25.5 Å². The van der Waals surface area contributed by atoms with Gasteiger partial charge in [-0.2, -0.15) is 13.1 Å². The van der Waals surface area contributed by atoms with Gasteiger partial charge in [0.25, 0.3) is 5.91 Å². The van der Waals surface area contributed by atoms with Gasteiger partial charge in [0, 0.05) is 43.3 Å². The van der Waals surface area contributed by atoms with Crippen molar-refractivity contribution in [2.24, 2.45) is 0 Å². The van der Waals surface area contributed by atoms with Gasteiger partial charge in [0.05, 0.1) is 6.61 Å². The second-order valence-corrected chi connectivity index (χ2v) is 12.5. The fraction of sp³-hybridized carbons (Fsp3) is 0.414. The molecule has 0 unspecified atom stereocenters. The molecule has 1 saturated carbocycles. The van der Waals surface area contributed by atoms with E-state index < -0.39 is 70.3 Å². The molecule has 1 saturated heterocycles. The summed E-state index contributed by atoms with van der Waals surface area (Å²) in [4.78, 5) is 65.9. The first-order chi connectivity index (χ1) is 21.8. The molecule has 0 aromatic heterocycles. The van der Waals surface area contributed by atoms with E-state index >= 15 is 0 Å². The number of imide groups is 1. The second-order valence-electron chi connectivity index (χ2n) is 11.1. The quantitative estimate of drug-likeness (QED) is 0.294. The molecule has 3 aliphatic rings. The highest BCUT2D eigenvalue weighted by molar-refractivity contribution is 7.88. The number of rotatable bonds is 10. The number of hydrogen-bond acceptors (Lipinski definition) is 9. The van der Waals surface area contributed by atoms with Crippen LogP contribution in [-0.2, 0) is 47.8 Å². The van der Waals surface area contributed by atoms with Crippen molar-refractivity contribution in [3.05, 3.63) is 65.0 Å². The van der Waals surface area contributed by atoms with E-state index in [-0.39, 0.29) is 32.4 Å². The average Bonchev–Trinajstić information content (AvgIpc) is 3.46. The highest BCUT2D eigenvalue weighted by Gasteiger charge is 2.58. The molecule has 2 fully saturated rings. The lowest BCUT2D eigenvalue weighted by molar-refractivity contribution is -0.144. The number of carbonyl (C=O) groups excluding carboxylic acids is 5. The lowest BCUT2D eigenvalue weighted by Crippen LogP contribution is -2.58. The summed E-state index contributed by atoms with van der Waals surface area (Å²) in [5, 5.41) is 5.10. The van der Waals surface area contributed by atoms with Crippen LogP contribution in [0.3, 0.4) is 0 Å². The van der Waals surface area contributed by atoms with Gasteiger partial charge in [-0.15, -0.1) is 0 Å². The van der Waals surface area contributed by atoms with Crippen LogP contribution >= 0.6 is 0 Å². The number of aryl methyl sites for hydroxylation is 1. The molecule has 2 aromatic carbocycles. The molecule has 5 rings (SSSR count). The molecule has 4 N–H and O–H groups in total. The van der Waals surface area contributed by atoms with Gasteiger partial charge in [-0.3, -0.25) is 9.59 Å². The van der Waals surface area contributed by atoms with Crippen molar-refractivity contribution < 1.29 is 46.3 Å². The van der Waals surface area contributed by atoms with Crippen LogP contribution in [0.2, 0.25) is 0 Å². The van der Waals surface area contributed by atoms with Crippen LogP contribution < -0.4 is 20.1 Å². The Morgan fingerprint density at radius 2 is 1.85 bits per heavy atom. The van der Waals surface area contributed by atoms with Gasteiger partial charge in [-0.05, 0) is 61.6 Å². The summed E-state index contributed by atoms with van der Waals surface area (Å²) in [5.41, 5.74) is 0.637. The Morgan fingerprint density at radius 3 is 2.52 bits per heavy atom. The lowest BCUT2D eigenvalue weighted by atomic mass is 9.86. The average molecular weight is 661 g/mol. The number of anilines is 1. The van der Waals surface area contributed by atoms with E-state index in [9.17, 15) is 36.8 Å². The SMILES string of the molecule is CCOC(=O)NS(=O)(=O)NC1CC(N(Cc2ccc(F)cc2)C(=O)CN2C(=O)O[C@@]3(CCc4cc(NC(=O)NC)ccc43)C2=O)C1. The molecule has 6 amide bonds. The number of nitrogens with one attached hydrogen (secondary N) is 4. The predicted molar refractivity (Wildman–Crippen MR) is 159 cm³/mol. The molecule has 15 nitrogen and oxygen atoms in total. The first kappa shape index (κ1) is 32.6. The maximum atomic E-state index is 13.7. The number of amides is 6. The lowest BCUT2D eigenvalue weighted by Gasteiger charge is -2.43. The Bertz CT molecular complexity index is 1670. The molecule has 1 aliphatic heterocycles. The molecule has 246 valence electrons. The summed E-state index contributed by atoms with van der Waals surface area (Å²) < 4.78 is 52.5. The topological polar surface area (TPSA) is 193 Å². The molecule has 17 heteroatoms. The molecular weight excluding hydrogens is 627 g/mol. The summed E-state index contributed by atoms with van der Waals surface area (Å²) in [6.07, 6.45) is -1.24. The molecule has 0 bridgehead atoms. The fourth-order valence-electron chi connectivity index (χ4n) is 5.82. The highest BCUT2D eigenvalue weighted by Crippen LogP contribution is 2.46. The van der Waals surface area contributed by atoms with Gasteiger partial charge >= 0.3 is 28.4 Å². The first-order valence-electron chi connectivity index (χ1n) is 14.5. The van der Waals surface area contributed by atoms with Crippen molar-refractivity contribution in [1.29, 1.82) is 0 Å². The predicted octanol–water partition coefficient (Wildman–Crippen LogP) is 1.84. The number of nitrogens with zero attached hydrogens (tertiary/aromatic N) is 2. The van der Waals surface area contributed by atoms with Crippen LogP contribution in [-0.4, -0.2) is 80.5 Å². The van der Waals surface area contributed by atoms with E-state index in [1.807, 2.05) is 0 Å². The molecule has 0 radical (unpaired) electrons. The largest absolute Gasteiger partial charge is 0.449 e. The normalized spacial score (nSPS) is 21.7. The minimum absolute atomic E-state index is 0.00348. The highest BCUT2D eigenvalue weighted by atomic mass is 32.2. The zero-order valence-electron chi connectivity index (χ0n) is 25.0. The summed E-state index contributed by atoms with van der Waals surface area (Å²) in [5.74, 6) is -1.77. The summed E-state index contributed by atoms with van der Waals surface area (Å²) in [7, 11) is -2.76. The zero-order valence-corrected chi connectivity index (χ0v) is 25.8. The van der Waals surface area contributed by atoms with E-state index in [2.05, 4.69) is 20.1 Å².